The van der Waals surface area contributed by atoms with E-state index in [9.17, 15) is 14.7 Å². The fourth-order valence-corrected chi connectivity index (χ4v) is 6.28. The van der Waals surface area contributed by atoms with Crippen molar-refractivity contribution < 1.29 is 28.9 Å². The third-order valence-corrected chi connectivity index (χ3v) is 8.48. The fraction of sp³-hybridized carbons (Fsp3) is 0.429. The standard InChI is InChI=1S/C35H42N2O6/c1-4-7-17-41-27-14-11-25(12-15-27)34-32(35(39)40)28(26-13-16-29-30(20-26)43-19-18-42-29)21-37(34)22-31(38)36-33-23(5-2)9-8-10-24(33)6-3/h8-16,20,28,32,34H,4-7,17-19,21-22H2,1-3H3,(H,36,38)(H,39,40)/t28-,32?,34+/m1/s1. The van der Waals surface area contributed by atoms with Crippen LogP contribution in [0.1, 0.15) is 67.8 Å². The molecule has 5 rings (SSSR count). The van der Waals surface area contributed by atoms with Gasteiger partial charge in [-0.3, -0.25) is 14.5 Å². The van der Waals surface area contributed by atoms with Crippen molar-refractivity contribution in [3.8, 4) is 17.2 Å². The molecule has 0 aliphatic carbocycles. The van der Waals surface area contributed by atoms with Crippen LogP contribution in [0, 0.1) is 5.92 Å². The van der Waals surface area contributed by atoms with E-state index in [-0.39, 0.29) is 18.4 Å². The third-order valence-electron chi connectivity index (χ3n) is 8.48. The summed E-state index contributed by atoms with van der Waals surface area (Å²) in [4.78, 5) is 28.6. The number of nitrogens with one attached hydrogen (secondary N) is 1. The summed E-state index contributed by atoms with van der Waals surface area (Å²) in [7, 11) is 0. The second kappa shape index (κ2) is 14.0. The van der Waals surface area contributed by atoms with Crippen LogP contribution in [0.3, 0.4) is 0 Å². The molecule has 2 N–H and O–H groups in total. The Hall–Kier alpha value is -4.04. The summed E-state index contributed by atoms with van der Waals surface area (Å²) in [6.07, 6.45) is 3.61. The molecule has 1 unspecified atom stereocenters. The van der Waals surface area contributed by atoms with Gasteiger partial charge in [-0.1, -0.05) is 63.6 Å². The molecular formula is C35H42N2O6. The molecule has 2 aliphatic rings. The predicted octanol–water partition coefficient (Wildman–Crippen LogP) is 6.24. The first-order valence-corrected chi connectivity index (χ1v) is 15.4. The van der Waals surface area contributed by atoms with Crippen LogP contribution in [0.15, 0.2) is 60.7 Å². The van der Waals surface area contributed by atoms with Crippen LogP contribution in [0.25, 0.3) is 0 Å². The molecule has 1 saturated heterocycles. The minimum absolute atomic E-state index is 0.0610. The number of rotatable bonds is 12. The molecule has 0 aromatic heterocycles. The minimum Gasteiger partial charge on any atom is -0.494 e. The summed E-state index contributed by atoms with van der Waals surface area (Å²) in [6, 6.07) is 18.9. The topological polar surface area (TPSA) is 97.3 Å². The number of aliphatic carboxylic acids is 1. The minimum atomic E-state index is -0.902. The number of hydrogen-bond acceptors (Lipinski definition) is 6. The monoisotopic (exact) mass is 586 g/mol. The molecule has 228 valence electrons. The zero-order valence-electron chi connectivity index (χ0n) is 25.3. The zero-order chi connectivity index (χ0) is 30.3. The summed E-state index contributed by atoms with van der Waals surface area (Å²) >= 11 is 0. The summed E-state index contributed by atoms with van der Waals surface area (Å²) in [5, 5.41) is 13.8. The Morgan fingerprint density at radius 3 is 2.26 bits per heavy atom. The van der Waals surface area contributed by atoms with Crippen LogP contribution in [-0.2, 0) is 22.4 Å². The first-order chi connectivity index (χ1) is 20.9. The van der Waals surface area contributed by atoms with E-state index in [1.165, 1.54) is 0 Å². The molecular weight excluding hydrogens is 544 g/mol. The summed E-state index contributed by atoms with van der Waals surface area (Å²) < 4.78 is 17.4. The van der Waals surface area contributed by atoms with Gasteiger partial charge >= 0.3 is 5.97 Å². The van der Waals surface area contributed by atoms with Crippen LogP contribution >= 0.6 is 0 Å². The lowest BCUT2D eigenvalue weighted by Gasteiger charge is -2.27. The van der Waals surface area contributed by atoms with Crippen molar-refractivity contribution in [1.82, 2.24) is 4.90 Å². The molecule has 3 aromatic carbocycles. The maximum atomic E-state index is 13.6. The molecule has 0 bridgehead atoms. The quantitative estimate of drug-likeness (QED) is 0.243. The van der Waals surface area contributed by atoms with Crippen LogP contribution < -0.4 is 19.5 Å². The highest BCUT2D eigenvalue weighted by Gasteiger charge is 2.48. The zero-order valence-corrected chi connectivity index (χ0v) is 25.3. The van der Waals surface area contributed by atoms with Crippen LogP contribution in [0.4, 0.5) is 5.69 Å². The number of carbonyl (C=O) groups is 2. The number of carbonyl (C=O) groups excluding carboxylic acids is 1. The number of unbranched alkanes of at least 4 members (excludes halogenated alkanes) is 1. The van der Waals surface area contributed by atoms with Gasteiger partial charge in [0.1, 0.15) is 19.0 Å². The number of hydrogen-bond donors (Lipinski definition) is 2. The number of amides is 1. The van der Waals surface area contributed by atoms with Gasteiger partial charge in [-0.2, -0.15) is 0 Å². The Labute approximate surface area is 254 Å². The number of para-hydroxylation sites is 1. The van der Waals surface area contributed by atoms with E-state index in [4.69, 9.17) is 14.2 Å². The van der Waals surface area contributed by atoms with E-state index in [1.54, 1.807) is 0 Å². The second-order valence-electron chi connectivity index (χ2n) is 11.2. The molecule has 0 saturated carbocycles. The number of likely N-dealkylation sites (tertiary alicyclic amines) is 1. The highest BCUT2D eigenvalue weighted by atomic mass is 16.6. The molecule has 8 heteroatoms. The van der Waals surface area contributed by atoms with Crippen molar-refractivity contribution in [3.63, 3.8) is 0 Å². The summed E-state index contributed by atoms with van der Waals surface area (Å²) in [5.74, 6) is -0.173. The number of benzene rings is 3. The van der Waals surface area contributed by atoms with E-state index in [0.717, 1.165) is 59.4 Å². The van der Waals surface area contributed by atoms with Crippen molar-refractivity contribution in [2.45, 2.75) is 58.4 Å². The van der Waals surface area contributed by atoms with E-state index in [1.807, 2.05) is 65.6 Å². The maximum absolute atomic E-state index is 13.6. The largest absolute Gasteiger partial charge is 0.494 e. The molecule has 0 radical (unpaired) electrons. The van der Waals surface area contributed by atoms with Gasteiger partial charge in [0.25, 0.3) is 0 Å². The highest BCUT2D eigenvalue weighted by Crippen LogP contribution is 2.47. The van der Waals surface area contributed by atoms with Gasteiger partial charge in [0.05, 0.1) is 19.1 Å². The third kappa shape index (κ3) is 6.80. The number of carboxylic acids is 1. The molecule has 8 nitrogen and oxygen atoms in total. The number of anilines is 1. The number of nitrogens with zero attached hydrogens (tertiary/aromatic N) is 1. The van der Waals surface area contributed by atoms with Crippen molar-refractivity contribution in [1.29, 1.82) is 0 Å². The second-order valence-corrected chi connectivity index (χ2v) is 11.2. The van der Waals surface area contributed by atoms with Crippen molar-refractivity contribution in [3.05, 3.63) is 82.9 Å². The van der Waals surface area contributed by atoms with Gasteiger partial charge in [0, 0.05) is 24.2 Å². The molecule has 1 fully saturated rings. The summed E-state index contributed by atoms with van der Waals surface area (Å²) in [5.41, 5.74) is 4.73. The number of fused-ring (bicyclic) bond motifs is 1. The molecule has 43 heavy (non-hydrogen) atoms. The molecule has 1 amide bonds. The lowest BCUT2D eigenvalue weighted by Crippen LogP contribution is -2.35. The summed E-state index contributed by atoms with van der Waals surface area (Å²) in [6.45, 7) is 8.30. The van der Waals surface area contributed by atoms with Gasteiger partial charge in [-0.05, 0) is 65.8 Å². The van der Waals surface area contributed by atoms with Gasteiger partial charge in [-0.15, -0.1) is 0 Å². The Morgan fingerprint density at radius 2 is 1.60 bits per heavy atom. The predicted molar refractivity (Wildman–Crippen MR) is 166 cm³/mol. The SMILES string of the molecule is CCCCOc1ccc([C@H]2C(C(=O)O)[C@@H](c3ccc4c(c3)OCCO4)CN2CC(=O)Nc2c(CC)cccc2CC)cc1. The molecule has 2 aliphatic heterocycles. The number of carboxylic acid groups (broad SMARTS) is 1. The lowest BCUT2D eigenvalue weighted by molar-refractivity contribution is -0.143. The average molecular weight is 587 g/mol. The van der Waals surface area contributed by atoms with Gasteiger partial charge in [0.2, 0.25) is 5.91 Å². The highest BCUT2D eigenvalue weighted by molar-refractivity contribution is 5.94. The maximum Gasteiger partial charge on any atom is 0.309 e. The Balaban J connectivity index is 1.46. The van der Waals surface area contributed by atoms with E-state index >= 15 is 0 Å². The van der Waals surface area contributed by atoms with Crippen molar-refractivity contribution in [2.75, 3.05) is 38.2 Å². The molecule has 3 aromatic rings. The van der Waals surface area contributed by atoms with E-state index in [2.05, 4.69) is 26.1 Å². The number of aryl methyl sites for hydroxylation is 2. The van der Waals surface area contributed by atoms with Gasteiger partial charge in [-0.25, -0.2) is 0 Å². The Morgan fingerprint density at radius 1 is 0.930 bits per heavy atom. The van der Waals surface area contributed by atoms with Crippen molar-refractivity contribution in [2.24, 2.45) is 5.92 Å². The van der Waals surface area contributed by atoms with E-state index < -0.39 is 17.9 Å². The first kappa shape index (κ1) is 30.4. The molecule has 2 heterocycles. The Kier molecular flexibility index (Phi) is 9.87. The average Bonchev–Trinajstić information content (AvgIpc) is 3.40. The number of ether oxygens (including phenoxy) is 3. The van der Waals surface area contributed by atoms with E-state index in [0.29, 0.717) is 37.9 Å². The van der Waals surface area contributed by atoms with Crippen LogP contribution in [0.2, 0.25) is 0 Å². The first-order valence-electron chi connectivity index (χ1n) is 15.4. The smallest absolute Gasteiger partial charge is 0.309 e. The van der Waals surface area contributed by atoms with Crippen molar-refractivity contribution >= 4 is 17.6 Å². The lowest BCUT2D eigenvalue weighted by atomic mass is 9.82. The van der Waals surface area contributed by atoms with Crippen LogP contribution in [-0.4, -0.2) is 54.8 Å². The normalized spacial score (nSPS) is 19.7. The molecule has 0 spiro atoms. The van der Waals surface area contributed by atoms with Gasteiger partial charge in [0.15, 0.2) is 11.5 Å². The van der Waals surface area contributed by atoms with Gasteiger partial charge < -0.3 is 24.6 Å². The van der Waals surface area contributed by atoms with Crippen LogP contribution in [0.5, 0.6) is 17.2 Å². The molecule has 3 atom stereocenters. The Bertz CT molecular complexity index is 1400. The fourth-order valence-electron chi connectivity index (χ4n) is 6.28.